The number of methoxy groups -OCH3 is 2. The number of carbonyl (C=O) groups is 7. The molecule has 15 atom stereocenters. The second-order valence-corrected chi connectivity index (χ2v) is 24.3. The van der Waals surface area contributed by atoms with E-state index in [0.29, 0.717) is 37.9 Å². The number of carboxylic acid groups (broad SMARTS) is 1. The third-order valence-electron chi connectivity index (χ3n) is 16.1. The predicted molar refractivity (Wildman–Crippen MR) is 312 cm³/mol. The molecular weight excluding hydrogens is 1090 g/mol. The molecule has 2 aliphatic heterocycles. The number of rotatable bonds is 30. The van der Waals surface area contributed by atoms with E-state index in [1.54, 1.807) is 46.6 Å². The van der Waals surface area contributed by atoms with E-state index in [1.165, 1.54) is 44.4 Å². The molecule has 2 aliphatic rings. The number of hydrogen-bond donors (Lipinski definition) is 8. The van der Waals surface area contributed by atoms with Crippen LogP contribution in [0.15, 0.2) is 48.5 Å². The smallest absolute Gasteiger partial charge is 0.410 e. The molecular formula is C61H96N6O17. The highest BCUT2D eigenvalue weighted by atomic mass is 16.7. The number of nitrogens with zero attached hydrogens (tertiary/aromatic N) is 3. The van der Waals surface area contributed by atoms with Gasteiger partial charge in [-0.3, -0.25) is 28.9 Å². The molecule has 2 heterocycles. The topological polar surface area (TPSA) is 313 Å². The summed E-state index contributed by atoms with van der Waals surface area (Å²) in [6.07, 6.45) is -10.8. The Bertz CT molecular complexity index is 2490. The second-order valence-electron chi connectivity index (χ2n) is 24.3. The highest BCUT2D eigenvalue weighted by Gasteiger charge is 2.49. The van der Waals surface area contributed by atoms with Gasteiger partial charge in [-0.25, -0.2) is 9.59 Å². The Morgan fingerprint density at radius 1 is 0.833 bits per heavy atom. The van der Waals surface area contributed by atoms with E-state index in [2.05, 4.69) is 16.0 Å². The quantitative estimate of drug-likeness (QED) is 0.0527. The molecule has 0 spiro atoms. The van der Waals surface area contributed by atoms with Crippen molar-refractivity contribution < 1.29 is 82.8 Å². The van der Waals surface area contributed by atoms with Gasteiger partial charge in [-0.1, -0.05) is 98.2 Å². The van der Waals surface area contributed by atoms with Crippen LogP contribution >= 0.6 is 0 Å². The highest BCUT2D eigenvalue weighted by Crippen LogP contribution is 2.34. The first-order valence-corrected chi connectivity index (χ1v) is 29.2. The number of hydrogen-bond acceptors (Lipinski definition) is 17. The van der Waals surface area contributed by atoms with E-state index in [1.807, 2.05) is 71.9 Å². The molecule has 23 heteroatoms. The molecule has 8 N–H and O–H groups in total. The molecule has 0 aliphatic carbocycles. The lowest BCUT2D eigenvalue weighted by Crippen LogP contribution is -2.61. The number of benzene rings is 2. The van der Waals surface area contributed by atoms with E-state index in [-0.39, 0.29) is 66.4 Å². The molecule has 0 radical (unpaired) electrons. The number of Topliss-reactive ketones (excluding diaryl/α,β-unsaturated/α-hetero) is 1. The van der Waals surface area contributed by atoms with Gasteiger partial charge in [0.1, 0.15) is 48.5 Å². The first-order valence-electron chi connectivity index (χ1n) is 29.2. The largest absolute Gasteiger partial charge is 0.479 e. The number of aliphatic carboxylic acids is 1. The summed E-state index contributed by atoms with van der Waals surface area (Å²) in [4.78, 5) is 101. The molecule has 2 fully saturated rings. The molecule has 0 bridgehead atoms. The molecule has 4 rings (SSSR count). The van der Waals surface area contributed by atoms with Crippen LogP contribution in [0.2, 0.25) is 0 Å². The van der Waals surface area contributed by atoms with E-state index >= 15 is 0 Å². The minimum Gasteiger partial charge on any atom is -0.479 e. The summed E-state index contributed by atoms with van der Waals surface area (Å²) in [5, 5.41) is 60.7. The normalized spacial score (nSPS) is 22.4. The number of carbonyl (C=O) groups excluding carboxylic acids is 6. The molecule has 84 heavy (non-hydrogen) atoms. The number of ketones is 1. The van der Waals surface area contributed by atoms with Gasteiger partial charge in [0.15, 0.2) is 6.10 Å². The van der Waals surface area contributed by atoms with E-state index < -0.39 is 121 Å². The number of likely N-dealkylation sites (N-methyl/N-ethyl adjacent to an activating group) is 2. The van der Waals surface area contributed by atoms with Gasteiger partial charge in [-0.05, 0) is 80.5 Å². The van der Waals surface area contributed by atoms with Crippen molar-refractivity contribution in [3.8, 4) is 5.75 Å². The van der Waals surface area contributed by atoms with Crippen molar-refractivity contribution in [2.75, 3.05) is 46.7 Å². The summed E-state index contributed by atoms with van der Waals surface area (Å²) < 4.78 is 28.9. The van der Waals surface area contributed by atoms with Gasteiger partial charge in [0, 0.05) is 65.7 Å². The number of anilines is 1. The van der Waals surface area contributed by atoms with Gasteiger partial charge in [0.2, 0.25) is 29.9 Å². The van der Waals surface area contributed by atoms with Gasteiger partial charge in [0.05, 0.1) is 42.5 Å². The lowest BCUT2D eigenvalue weighted by molar-refractivity contribution is -0.271. The van der Waals surface area contributed by atoms with Crippen LogP contribution in [0.5, 0.6) is 5.75 Å². The molecule has 2 aromatic rings. The maximum absolute atomic E-state index is 14.8. The van der Waals surface area contributed by atoms with Crippen LogP contribution in [0.25, 0.3) is 0 Å². The van der Waals surface area contributed by atoms with Crippen LogP contribution in [0, 0.1) is 29.6 Å². The molecule has 5 amide bonds. The maximum Gasteiger partial charge on any atom is 0.410 e. The monoisotopic (exact) mass is 1180 g/mol. The van der Waals surface area contributed by atoms with Crippen LogP contribution in [0.3, 0.4) is 0 Å². The number of likely N-dealkylation sites (tertiary alicyclic amines) is 1. The van der Waals surface area contributed by atoms with Crippen LogP contribution < -0.4 is 20.7 Å². The third-order valence-corrected chi connectivity index (χ3v) is 16.1. The van der Waals surface area contributed by atoms with Gasteiger partial charge in [-0.2, -0.15) is 0 Å². The fraction of sp³-hybridized carbons (Fsp3) is 0.689. The van der Waals surface area contributed by atoms with Crippen LogP contribution in [0.4, 0.5) is 10.5 Å². The van der Waals surface area contributed by atoms with E-state index in [4.69, 9.17) is 23.7 Å². The first kappa shape index (κ1) is 70.7. The molecule has 2 saturated heterocycles. The summed E-state index contributed by atoms with van der Waals surface area (Å²) in [7, 11) is 6.05. The molecule has 0 aromatic heterocycles. The Hall–Kier alpha value is -5.79. The van der Waals surface area contributed by atoms with Crippen molar-refractivity contribution in [1.82, 2.24) is 25.3 Å². The van der Waals surface area contributed by atoms with Gasteiger partial charge >= 0.3 is 12.1 Å². The number of ether oxygens (including phenoxy) is 5. The predicted octanol–water partition coefficient (Wildman–Crippen LogP) is 4.66. The minimum absolute atomic E-state index is 0.00633. The van der Waals surface area contributed by atoms with Gasteiger partial charge < -0.3 is 75.0 Å². The fourth-order valence-electron chi connectivity index (χ4n) is 11.1. The summed E-state index contributed by atoms with van der Waals surface area (Å²) in [5.74, 6) is -5.65. The van der Waals surface area contributed by atoms with Crippen LogP contribution in [-0.2, 0) is 54.3 Å². The van der Waals surface area contributed by atoms with Gasteiger partial charge in [0.25, 0.3) is 0 Å². The Balaban J connectivity index is 1.49. The minimum atomic E-state index is -1.97. The van der Waals surface area contributed by atoms with Crippen molar-refractivity contribution in [3.63, 3.8) is 0 Å². The standard InChI is InChI=1S/C61H96N6O17/c1-16-35(6)49(44(80-14)31-46(70)67-28-20-23-41(67)54(81-15)37(8)42(68)29-36(7)50(71)39-21-18-17-19-22-39)65(12)57(76)47(33(2)3)64-56(75)48(34(4)5)66(13)60(79)82-32-38-24-25-43(40(30-38)63-45(69)26-27-62-61(9,10)11)83-59-53(74)51(72)52(73)55(84-59)58(77)78/h17-19,21-22,24-25,30,33-37,41,44,47-55,59,62,71-74H,16,20,23,26-29,31-32H2,1-15H3,(H,63,69)(H,64,75)(H,77,78)/t35?,36?,37?,41?,44?,47?,48?,49?,50?,51-,52?,53-,54?,55?,59?/m0/s1. The highest BCUT2D eigenvalue weighted by molar-refractivity contribution is 5.93. The Kier molecular flexibility index (Phi) is 27.0. The summed E-state index contributed by atoms with van der Waals surface area (Å²) in [6.45, 7) is 20.8. The van der Waals surface area contributed by atoms with E-state index in [0.717, 1.165) is 10.5 Å². The van der Waals surface area contributed by atoms with Crippen molar-refractivity contribution in [3.05, 3.63) is 59.7 Å². The Morgan fingerprint density at radius 2 is 1.49 bits per heavy atom. The van der Waals surface area contributed by atoms with E-state index in [9.17, 15) is 59.1 Å². The third kappa shape index (κ3) is 18.9. The van der Waals surface area contributed by atoms with Crippen molar-refractivity contribution in [2.24, 2.45) is 29.6 Å². The number of carboxylic acids is 1. The van der Waals surface area contributed by atoms with Gasteiger partial charge in [-0.15, -0.1) is 0 Å². The first-order chi connectivity index (χ1) is 39.4. The van der Waals surface area contributed by atoms with Crippen molar-refractivity contribution in [2.45, 2.75) is 200 Å². The van der Waals surface area contributed by atoms with Crippen LogP contribution in [-0.4, -0.2) is 196 Å². The molecule has 0 saturated carbocycles. The lowest BCUT2D eigenvalue weighted by Gasteiger charge is -2.41. The number of aliphatic hydroxyl groups excluding tert-OH is 4. The lowest BCUT2D eigenvalue weighted by atomic mass is 9.85. The van der Waals surface area contributed by atoms with Crippen molar-refractivity contribution in [1.29, 1.82) is 0 Å². The molecule has 2 aromatic carbocycles. The average Bonchev–Trinajstić information content (AvgIpc) is 2.86. The zero-order valence-electron chi connectivity index (χ0n) is 51.8. The second kappa shape index (κ2) is 32.1. The molecule has 13 unspecified atom stereocenters. The summed E-state index contributed by atoms with van der Waals surface area (Å²) in [5.41, 5.74) is 0.764. The Labute approximate surface area is 495 Å². The number of aliphatic hydroxyl groups is 4. The maximum atomic E-state index is 14.8. The average molecular weight is 1190 g/mol. The molecule has 472 valence electrons. The number of amides is 5. The summed E-state index contributed by atoms with van der Waals surface area (Å²) in [6, 6.07) is 10.1. The SMILES string of the molecule is CCC(C)C(C(CC(=O)N1CCCC1C(OC)C(C)C(=O)CC(C)C(O)c1ccccc1)OC)N(C)C(=O)C(NC(=O)C(C(C)C)N(C)C(=O)OCc1ccc(OC2OC(C(=O)O)C(O)[C@H](O)[C@@H]2O)c(NC(=O)CCNC(C)(C)C)c1)C(C)C. The zero-order valence-corrected chi connectivity index (χ0v) is 51.8. The molecule has 23 nitrogen and oxygen atoms in total. The number of nitrogens with one attached hydrogen (secondary N) is 3. The zero-order chi connectivity index (χ0) is 63.1. The summed E-state index contributed by atoms with van der Waals surface area (Å²) >= 11 is 0. The Morgan fingerprint density at radius 3 is 2.06 bits per heavy atom. The van der Waals surface area contributed by atoms with Crippen LogP contribution in [0.1, 0.15) is 132 Å². The fourth-order valence-corrected chi connectivity index (χ4v) is 11.1. The van der Waals surface area contributed by atoms with Crippen molar-refractivity contribution >= 4 is 47.2 Å².